The maximum absolute atomic E-state index is 12.7. The lowest BCUT2D eigenvalue weighted by atomic mass is 10.1. The van der Waals surface area contributed by atoms with E-state index < -0.39 is 0 Å². The van der Waals surface area contributed by atoms with Gasteiger partial charge in [-0.3, -0.25) is 14.5 Å². The number of nitrogens with one attached hydrogen (secondary N) is 3. The van der Waals surface area contributed by atoms with E-state index in [2.05, 4.69) is 16.0 Å². The largest absolute Gasteiger partial charge is 0.349 e. The summed E-state index contributed by atoms with van der Waals surface area (Å²) in [5.41, 5.74) is 1.99. The molecule has 7 nitrogen and oxygen atoms in total. The SMILES string of the molecule is O=C(Nc1ccccc1C(=O)NC1CC1)c1cccc(N2CCNC2=O)c1. The fourth-order valence-electron chi connectivity index (χ4n) is 3.01. The molecule has 4 amide bonds. The summed E-state index contributed by atoms with van der Waals surface area (Å²) in [6.07, 6.45) is 1.99. The minimum Gasteiger partial charge on any atom is -0.349 e. The van der Waals surface area contributed by atoms with Gasteiger partial charge in [-0.25, -0.2) is 4.79 Å². The molecule has 7 heteroatoms. The Morgan fingerprint density at radius 1 is 1.04 bits per heavy atom. The van der Waals surface area contributed by atoms with Crippen molar-refractivity contribution in [2.24, 2.45) is 0 Å². The van der Waals surface area contributed by atoms with Crippen molar-refractivity contribution >= 4 is 29.2 Å². The van der Waals surface area contributed by atoms with Crippen molar-refractivity contribution in [3.63, 3.8) is 0 Å². The number of hydrogen-bond acceptors (Lipinski definition) is 3. The van der Waals surface area contributed by atoms with E-state index >= 15 is 0 Å². The van der Waals surface area contributed by atoms with Crippen molar-refractivity contribution in [2.75, 3.05) is 23.3 Å². The number of benzene rings is 2. The third-order valence-corrected chi connectivity index (χ3v) is 4.61. The highest BCUT2D eigenvalue weighted by Gasteiger charge is 2.25. The lowest BCUT2D eigenvalue weighted by Crippen LogP contribution is -2.28. The first kappa shape index (κ1) is 17.1. The van der Waals surface area contributed by atoms with Crippen LogP contribution >= 0.6 is 0 Å². The molecular weight excluding hydrogens is 344 g/mol. The molecule has 2 aliphatic rings. The Morgan fingerprint density at radius 2 is 1.85 bits per heavy atom. The van der Waals surface area contributed by atoms with Crippen LogP contribution in [0.4, 0.5) is 16.2 Å². The average Bonchev–Trinajstić information content (AvgIpc) is 3.39. The van der Waals surface area contributed by atoms with E-state index in [9.17, 15) is 14.4 Å². The molecular formula is C20H20N4O3. The normalized spacial score (nSPS) is 16.0. The molecule has 1 saturated heterocycles. The number of nitrogens with zero attached hydrogens (tertiary/aromatic N) is 1. The van der Waals surface area contributed by atoms with Crippen LogP contribution < -0.4 is 20.9 Å². The zero-order chi connectivity index (χ0) is 18.8. The van der Waals surface area contributed by atoms with Crippen LogP contribution in [-0.4, -0.2) is 37.0 Å². The fourth-order valence-corrected chi connectivity index (χ4v) is 3.01. The minimum atomic E-state index is -0.330. The molecule has 2 aromatic carbocycles. The van der Waals surface area contributed by atoms with Crippen LogP contribution in [-0.2, 0) is 0 Å². The summed E-state index contributed by atoms with van der Waals surface area (Å²) >= 11 is 0. The Balaban J connectivity index is 1.53. The Kier molecular flexibility index (Phi) is 4.50. The second-order valence-electron chi connectivity index (χ2n) is 6.68. The molecule has 0 radical (unpaired) electrons. The number of carbonyl (C=O) groups excluding carboxylic acids is 3. The Morgan fingerprint density at radius 3 is 2.59 bits per heavy atom. The smallest absolute Gasteiger partial charge is 0.321 e. The average molecular weight is 364 g/mol. The van der Waals surface area contributed by atoms with Crippen LogP contribution in [0.1, 0.15) is 33.6 Å². The maximum Gasteiger partial charge on any atom is 0.321 e. The monoisotopic (exact) mass is 364 g/mol. The van der Waals surface area contributed by atoms with Gasteiger partial charge in [0.15, 0.2) is 0 Å². The molecule has 0 atom stereocenters. The highest BCUT2D eigenvalue weighted by atomic mass is 16.2. The summed E-state index contributed by atoms with van der Waals surface area (Å²) in [5, 5.41) is 8.48. The van der Waals surface area contributed by atoms with Gasteiger partial charge in [-0.15, -0.1) is 0 Å². The number of carbonyl (C=O) groups is 3. The molecule has 1 saturated carbocycles. The number of anilines is 2. The summed E-state index contributed by atoms with van der Waals surface area (Å²) in [4.78, 5) is 38.5. The summed E-state index contributed by atoms with van der Waals surface area (Å²) in [7, 11) is 0. The molecule has 1 aliphatic carbocycles. The predicted molar refractivity (Wildman–Crippen MR) is 102 cm³/mol. The number of hydrogen-bond donors (Lipinski definition) is 3. The van der Waals surface area contributed by atoms with Gasteiger partial charge in [-0.2, -0.15) is 0 Å². The molecule has 0 aromatic heterocycles. The molecule has 4 rings (SSSR count). The third kappa shape index (κ3) is 3.76. The van der Waals surface area contributed by atoms with Crippen LogP contribution in [0.5, 0.6) is 0 Å². The second-order valence-corrected chi connectivity index (χ2v) is 6.68. The van der Waals surface area contributed by atoms with Gasteiger partial charge < -0.3 is 16.0 Å². The predicted octanol–water partition coefficient (Wildman–Crippen LogP) is 2.36. The standard InChI is InChI=1S/C20H20N4O3/c25-18(13-4-3-5-15(12-13)24-11-10-21-20(24)27)23-17-7-2-1-6-16(17)19(26)22-14-8-9-14/h1-7,12,14H,8-11H2,(H,21,27)(H,22,26)(H,23,25). The van der Waals surface area contributed by atoms with E-state index in [1.54, 1.807) is 53.4 Å². The molecule has 0 spiro atoms. The van der Waals surface area contributed by atoms with Gasteiger partial charge in [-0.1, -0.05) is 18.2 Å². The molecule has 2 aromatic rings. The van der Waals surface area contributed by atoms with Gasteiger partial charge in [0.05, 0.1) is 11.3 Å². The minimum absolute atomic E-state index is 0.172. The molecule has 1 aliphatic heterocycles. The van der Waals surface area contributed by atoms with E-state index in [0.717, 1.165) is 12.8 Å². The van der Waals surface area contributed by atoms with Crippen molar-refractivity contribution in [3.05, 3.63) is 59.7 Å². The van der Waals surface area contributed by atoms with Gasteiger partial charge in [0, 0.05) is 30.4 Å². The van der Waals surface area contributed by atoms with Crippen molar-refractivity contribution < 1.29 is 14.4 Å². The number of amides is 4. The zero-order valence-electron chi connectivity index (χ0n) is 14.7. The van der Waals surface area contributed by atoms with Crippen LogP contribution in [0.3, 0.4) is 0 Å². The van der Waals surface area contributed by atoms with E-state index in [1.165, 1.54) is 0 Å². The summed E-state index contributed by atoms with van der Waals surface area (Å²) < 4.78 is 0. The first-order valence-electron chi connectivity index (χ1n) is 8.98. The van der Waals surface area contributed by atoms with Crippen molar-refractivity contribution in [2.45, 2.75) is 18.9 Å². The zero-order valence-corrected chi connectivity index (χ0v) is 14.7. The molecule has 2 fully saturated rings. The van der Waals surface area contributed by atoms with Crippen LogP contribution in [0, 0.1) is 0 Å². The molecule has 138 valence electrons. The van der Waals surface area contributed by atoms with Gasteiger partial charge >= 0.3 is 6.03 Å². The molecule has 0 bridgehead atoms. The van der Waals surface area contributed by atoms with Crippen LogP contribution in [0.15, 0.2) is 48.5 Å². The molecule has 3 N–H and O–H groups in total. The van der Waals surface area contributed by atoms with Gasteiger partial charge in [0.1, 0.15) is 0 Å². The second kappa shape index (κ2) is 7.11. The Bertz CT molecular complexity index is 908. The van der Waals surface area contributed by atoms with Crippen molar-refractivity contribution in [3.8, 4) is 0 Å². The fraction of sp³-hybridized carbons (Fsp3) is 0.250. The highest BCUT2D eigenvalue weighted by molar-refractivity contribution is 6.09. The topological polar surface area (TPSA) is 90.5 Å². The molecule has 1 heterocycles. The molecule has 0 unspecified atom stereocenters. The first-order chi connectivity index (χ1) is 13.1. The maximum atomic E-state index is 12.7. The van der Waals surface area contributed by atoms with E-state index in [1.807, 2.05) is 0 Å². The summed E-state index contributed by atoms with van der Waals surface area (Å²) in [5.74, 6) is -0.515. The number of rotatable bonds is 5. The van der Waals surface area contributed by atoms with Gasteiger partial charge in [-0.05, 0) is 43.2 Å². The van der Waals surface area contributed by atoms with E-state index in [4.69, 9.17) is 0 Å². The quantitative estimate of drug-likeness (QED) is 0.761. The number of urea groups is 1. The van der Waals surface area contributed by atoms with E-state index in [-0.39, 0.29) is 23.9 Å². The van der Waals surface area contributed by atoms with E-state index in [0.29, 0.717) is 35.6 Å². The Hall–Kier alpha value is -3.35. The lowest BCUT2D eigenvalue weighted by Gasteiger charge is -2.15. The third-order valence-electron chi connectivity index (χ3n) is 4.61. The highest BCUT2D eigenvalue weighted by Crippen LogP contribution is 2.23. The lowest BCUT2D eigenvalue weighted by molar-refractivity contribution is 0.0952. The van der Waals surface area contributed by atoms with Gasteiger partial charge in [0.25, 0.3) is 11.8 Å². The number of para-hydroxylation sites is 1. The van der Waals surface area contributed by atoms with Gasteiger partial charge in [0.2, 0.25) is 0 Å². The first-order valence-corrected chi connectivity index (χ1v) is 8.98. The molecule has 27 heavy (non-hydrogen) atoms. The van der Waals surface area contributed by atoms with Crippen molar-refractivity contribution in [1.29, 1.82) is 0 Å². The van der Waals surface area contributed by atoms with Crippen molar-refractivity contribution in [1.82, 2.24) is 10.6 Å². The Labute approximate surface area is 156 Å². The van der Waals surface area contributed by atoms with Crippen LogP contribution in [0.25, 0.3) is 0 Å². The summed E-state index contributed by atoms with van der Waals surface area (Å²) in [6.45, 7) is 1.15. The summed E-state index contributed by atoms with van der Waals surface area (Å²) in [6, 6.07) is 13.9. The van der Waals surface area contributed by atoms with Crippen LogP contribution in [0.2, 0.25) is 0 Å².